The highest BCUT2D eigenvalue weighted by Gasteiger charge is 2.11. The molecule has 1 aromatic carbocycles. The van der Waals surface area contributed by atoms with Gasteiger partial charge in [-0.05, 0) is 44.7 Å². The van der Waals surface area contributed by atoms with E-state index in [9.17, 15) is 4.39 Å². The largest absolute Gasteiger partial charge is 0.313 e. The first kappa shape index (κ1) is 14.1. The molecule has 1 atom stereocenters. The molecule has 2 aromatic rings. The highest BCUT2D eigenvalue weighted by Crippen LogP contribution is 2.31. The summed E-state index contributed by atoms with van der Waals surface area (Å²) >= 11 is 1.39. The van der Waals surface area contributed by atoms with Crippen LogP contribution in [0.4, 0.5) is 4.39 Å². The maximum absolute atomic E-state index is 14.1. The first-order valence-electron chi connectivity index (χ1n) is 6.16. The number of rotatable bonds is 4. The van der Waals surface area contributed by atoms with E-state index in [0.29, 0.717) is 4.90 Å². The monoisotopic (exact) mass is 279 g/mol. The zero-order valence-corrected chi connectivity index (χ0v) is 12.4. The molecule has 1 N–H and O–H groups in total. The van der Waals surface area contributed by atoms with Crippen molar-refractivity contribution in [3.63, 3.8) is 0 Å². The summed E-state index contributed by atoms with van der Waals surface area (Å²) in [6, 6.07) is 7.47. The third kappa shape index (κ3) is 3.16. The van der Waals surface area contributed by atoms with E-state index in [0.717, 1.165) is 16.3 Å². The molecule has 0 saturated carbocycles. The summed E-state index contributed by atoms with van der Waals surface area (Å²) in [5, 5.41) is 8.30. The Hall–Kier alpha value is -1.33. The maximum Gasteiger partial charge on any atom is 0.137 e. The molecule has 3 nitrogen and oxygen atoms in total. The van der Waals surface area contributed by atoms with Crippen LogP contribution < -0.4 is 5.32 Å². The van der Waals surface area contributed by atoms with Crippen molar-refractivity contribution in [1.29, 1.82) is 0 Å². The summed E-state index contributed by atoms with van der Waals surface area (Å²) in [5.74, 6) is -0.191. The van der Waals surface area contributed by atoms with Crippen molar-refractivity contribution in [2.45, 2.75) is 29.8 Å². The van der Waals surface area contributed by atoms with Gasteiger partial charge in [-0.25, -0.2) is 4.39 Å². The molecule has 0 saturated heterocycles. The van der Waals surface area contributed by atoms with Gasteiger partial charge in [0, 0.05) is 18.0 Å². The van der Waals surface area contributed by atoms with Crippen LogP contribution in [0.5, 0.6) is 0 Å². The van der Waals surface area contributed by atoms with Crippen LogP contribution in [-0.4, -0.2) is 16.8 Å². The van der Waals surface area contributed by atoms with Gasteiger partial charge in [-0.1, -0.05) is 17.8 Å². The summed E-state index contributed by atoms with van der Waals surface area (Å²) in [6.07, 6.45) is 0. The standard InChI is InChI=1S/C14H18FN3S/c1-9-7-14(18(4)17-9)19-13-6-5-11(8-12(13)15)10(2)16-3/h5-8,10,16H,1-4H3. The lowest BCUT2D eigenvalue weighted by atomic mass is 10.1. The normalized spacial score (nSPS) is 12.7. The number of hydrogen-bond acceptors (Lipinski definition) is 3. The Kier molecular flexibility index (Phi) is 4.27. The predicted octanol–water partition coefficient (Wildman–Crippen LogP) is 3.30. The predicted molar refractivity (Wildman–Crippen MR) is 75.9 cm³/mol. The first-order valence-corrected chi connectivity index (χ1v) is 6.98. The molecule has 0 aliphatic rings. The minimum Gasteiger partial charge on any atom is -0.313 e. The molecule has 1 heterocycles. The van der Waals surface area contributed by atoms with Crippen LogP contribution in [0.25, 0.3) is 0 Å². The molecule has 0 bridgehead atoms. The van der Waals surface area contributed by atoms with E-state index >= 15 is 0 Å². The molecule has 0 aliphatic carbocycles. The molecule has 0 spiro atoms. The number of hydrogen-bond donors (Lipinski definition) is 1. The van der Waals surface area contributed by atoms with Gasteiger partial charge in [-0.2, -0.15) is 5.10 Å². The van der Waals surface area contributed by atoms with Gasteiger partial charge >= 0.3 is 0 Å². The summed E-state index contributed by atoms with van der Waals surface area (Å²) in [5.41, 5.74) is 1.89. The fourth-order valence-electron chi connectivity index (χ4n) is 1.83. The van der Waals surface area contributed by atoms with Crippen molar-refractivity contribution < 1.29 is 4.39 Å². The molecule has 1 aromatic heterocycles. The van der Waals surface area contributed by atoms with E-state index in [1.54, 1.807) is 10.7 Å². The molecule has 1 unspecified atom stereocenters. The second-order valence-electron chi connectivity index (χ2n) is 4.55. The van der Waals surface area contributed by atoms with Gasteiger partial charge in [0.05, 0.1) is 10.7 Å². The average molecular weight is 279 g/mol. The fourth-order valence-corrected chi connectivity index (χ4v) is 2.75. The molecule has 0 fully saturated rings. The van der Waals surface area contributed by atoms with Gasteiger partial charge in [0.1, 0.15) is 5.82 Å². The molecule has 19 heavy (non-hydrogen) atoms. The van der Waals surface area contributed by atoms with Crippen molar-refractivity contribution in [1.82, 2.24) is 15.1 Å². The van der Waals surface area contributed by atoms with Gasteiger partial charge in [-0.3, -0.25) is 4.68 Å². The smallest absolute Gasteiger partial charge is 0.137 e. The topological polar surface area (TPSA) is 29.9 Å². The molecule has 0 amide bonds. The Morgan fingerprint density at radius 2 is 2.11 bits per heavy atom. The lowest BCUT2D eigenvalue weighted by Crippen LogP contribution is -2.12. The van der Waals surface area contributed by atoms with Crippen LogP contribution in [0.1, 0.15) is 24.2 Å². The quantitative estimate of drug-likeness (QED) is 0.931. The molecule has 5 heteroatoms. The van der Waals surface area contributed by atoms with E-state index in [1.165, 1.54) is 11.8 Å². The third-order valence-corrected chi connectivity index (χ3v) is 4.20. The molecule has 2 rings (SSSR count). The van der Waals surface area contributed by atoms with E-state index < -0.39 is 0 Å². The Labute approximate surface area is 117 Å². The fraction of sp³-hybridized carbons (Fsp3) is 0.357. The highest BCUT2D eigenvalue weighted by molar-refractivity contribution is 7.99. The molecular weight excluding hydrogens is 261 g/mol. The summed E-state index contributed by atoms with van der Waals surface area (Å²) < 4.78 is 15.9. The van der Waals surface area contributed by atoms with Crippen molar-refractivity contribution in [3.05, 3.63) is 41.3 Å². The SMILES string of the molecule is CNC(C)c1ccc(Sc2cc(C)nn2C)c(F)c1. The van der Waals surface area contributed by atoms with E-state index in [4.69, 9.17) is 0 Å². The second-order valence-corrected chi connectivity index (χ2v) is 5.61. The maximum atomic E-state index is 14.1. The minimum absolute atomic E-state index is 0.146. The van der Waals surface area contributed by atoms with Crippen molar-refractivity contribution in [2.75, 3.05) is 7.05 Å². The first-order chi connectivity index (χ1) is 9.01. The summed E-state index contributed by atoms with van der Waals surface area (Å²) in [4.78, 5) is 0.620. The Bertz CT molecular complexity index is 580. The van der Waals surface area contributed by atoms with Crippen molar-refractivity contribution >= 4 is 11.8 Å². The zero-order chi connectivity index (χ0) is 14.0. The van der Waals surface area contributed by atoms with Crippen LogP contribution in [0, 0.1) is 12.7 Å². The Balaban J connectivity index is 2.24. The van der Waals surface area contributed by atoms with E-state index in [2.05, 4.69) is 10.4 Å². The molecular formula is C14H18FN3S. The molecule has 0 radical (unpaired) electrons. The average Bonchev–Trinajstić information content (AvgIpc) is 2.69. The third-order valence-electron chi connectivity index (χ3n) is 3.06. The minimum atomic E-state index is -0.191. The van der Waals surface area contributed by atoms with Crippen LogP contribution in [0.15, 0.2) is 34.2 Å². The van der Waals surface area contributed by atoms with Gasteiger partial charge in [0.15, 0.2) is 0 Å². The van der Waals surface area contributed by atoms with Gasteiger partial charge in [-0.15, -0.1) is 0 Å². The van der Waals surface area contributed by atoms with Gasteiger partial charge in [0.25, 0.3) is 0 Å². The highest BCUT2D eigenvalue weighted by atomic mass is 32.2. The van der Waals surface area contributed by atoms with Crippen molar-refractivity contribution in [2.24, 2.45) is 7.05 Å². The summed E-state index contributed by atoms with van der Waals surface area (Å²) in [6.45, 7) is 3.93. The number of benzene rings is 1. The van der Waals surface area contributed by atoms with Crippen LogP contribution >= 0.6 is 11.8 Å². The second kappa shape index (κ2) is 5.75. The Morgan fingerprint density at radius 1 is 1.37 bits per heavy atom. The van der Waals surface area contributed by atoms with Gasteiger partial charge < -0.3 is 5.32 Å². The van der Waals surface area contributed by atoms with E-state index in [1.807, 2.05) is 46.1 Å². The number of aromatic nitrogens is 2. The Morgan fingerprint density at radius 3 is 2.63 bits per heavy atom. The van der Waals surface area contributed by atoms with Crippen molar-refractivity contribution in [3.8, 4) is 0 Å². The summed E-state index contributed by atoms with van der Waals surface area (Å²) in [7, 11) is 3.73. The van der Waals surface area contributed by atoms with Crippen LogP contribution in [-0.2, 0) is 7.05 Å². The molecule has 102 valence electrons. The lowest BCUT2D eigenvalue weighted by molar-refractivity contribution is 0.586. The number of aryl methyl sites for hydroxylation is 2. The lowest BCUT2D eigenvalue weighted by Gasteiger charge is -2.12. The number of nitrogens with zero attached hydrogens (tertiary/aromatic N) is 2. The molecule has 0 aliphatic heterocycles. The van der Waals surface area contributed by atoms with Crippen LogP contribution in [0.2, 0.25) is 0 Å². The van der Waals surface area contributed by atoms with Crippen LogP contribution in [0.3, 0.4) is 0 Å². The number of nitrogens with one attached hydrogen (secondary N) is 1. The van der Waals surface area contributed by atoms with E-state index in [-0.39, 0.29) is 11.9 Å². The zero-order valence-electron chi connectivity index (χ0n) is 11.6. The number of halogens is 1. The van der Waals surface area contributed by atoms with Gasteiger partial charge in [0.2, 0.25) is 0 Å².